The number of hydrogen-bond donors (Lipinski definition) is 0. The van der Waals surface area contributed by atoms with E-state index in [0.29, 0.717) is 5.57 Å². The summed E-state index contributed by atoms with van der Waals surface area (Å²) in [7, 11) is 4.26. The number of rotatable bonds is 4. The second kappa shape index (κ2) is 10.4. The molecule has 6 rings (SSSR count). The van der Waals surface area contributed by atoms with Gasteiger partial charge in [0.25, 0.3) is 0 Å². The Kier molecular flexibility index (Phi) is 6.61. The van der Waals surface area contributed by atoms with Crippen LogP contribution in [0.2, 0.25) is 0 Å². The fourth-order valence-corrected chi connectivity index (χ4v) is 6.36. The number of hydrogen-bond acceptors (Lipinski definition) is 3. The minimum absolute atomic E-state index is 0.642. The highest BCUT2D eigenvalue weighted by molar-refractivity contribution is 6.13. The summed E-state index contributed by atoms with van der Waals surface area (Å²) in [6.07, 6.45) is 2.26. The van der Waals surface area contributed by atoms with Crippen molar-refractivity contribution in [3.8, 4) is 6.07 Å². The van der Waals surface area contributed by atoms with Gasteiger partial charge >= 0.3 is 5.91 Å². The van der Waals surface area contributed by atoms with E-state index >= 15 is 0 Å². The van der Waals surface area contributed by atoms with E-state index in [2.05, 4.69) is 144 Å². The van der Waals surface area contributed by atoms with Crippen LogP contribution in [0.15, 0.2) is 144 Å². The molecular formula is C36H33N5+2. The van der Waals surface area contributed by atoms with E-state index in [1.807, 2.05) is 36.4 Å². The third-order valence-corrected chi connectivity index (χ3v) is 8.09. The van der Waals surface area contributed by atoms with Gasteiger partial charge in [-0.05, 0) is 62.4 Å². The molecule has 0 bridgehead atoms. The minimum atomic E-state index is -0.928. The summed E-state index contributed by atoms with van der Waals surface area (Å²) in [6, 6.07) is 44.2. The maximum atomic E-state index is 10.7. The van der Waals surface area contributed by atoms with E-state index in [0.717, 1.165) is 45.3 Å². The van der Waals surface area contributed by atoms with Crippen molar-refractivity contribution < 1.29 is 9.15 Å². The summed E-state index contributed by atoms with van der Waals surface area (Å²) in [5.41, 5.74) is 8.73. The lowest BCUT2D eigenvalue weighted by Gasteiger charge is -2.47. The normalized spacial score (nSPS) is 19.0. The smallest absolute Gasteiger partial charge is 0.204 e. The summed E-state index contributed by atoms with van der Waals surface area (Å²) in [5.74, 6) is -0.928. The third-order valence-electron chi connectivity index (χ3n) is 8.09. The molecule has 0 N–H and O–H groups in total. The molecule has 1 unspecified atom stereocenters. The van der Waals surface area contributed by atoms with E-state index in [1.54, 1.807) is 0 Å². The first-order valence-corrected chi connectivity index (χ1v) is 13.8. The van der Waals surface area contributed by atoms with Gasteiger partial charge in [0.05, 0.1) is 17.1 Å². The summed E-state index contributed by atoms with van der Waals surface area (Å²) in [6.45, 7) is 4.23. The summed E-state index contributed by atoms with van der Waals surface area (Å²) >= 11 is 0. The quantitative estimate of drug-likeness (QED) is 0.276. The molecule has 1 atom stereocenters. The van der Waals surface area contributed by atoms with E-state index in [1.165, 1.54) is 0 Å². The first-order valence-electron chi connectivity index (χ1n) is 13.8. The Labute approximate surface area is 242 Å². The van der Waals surface area contributed by atoms with Crippen molar-refractivity contribution in [1.29, 1.82) is 5.26 Å². The van der Waals surface area contributed by atoms with Crippen molar-refractivity contribution in [2.75, 3.05) is 23.9 Å². The van der Waals surface area contributed by atoms with E-state index in [9.17, 15) is 5.26 Å². The molecule has 2 aliphatic heterocycles. The molecule has 0 radical (unpaired) electrons. The predicted octanol–water partition coefficient (Wildman–Crippen LogP) is 6.60. The SMILES string of the molecule is CC1=CC(c2ccccc2)=[N+](C)C2(N1c1ccccc1)N(c1ccccc1)C(C)=C(C#N)C(c1ccccc1)=[N+]2C. The Morgan fingerprint density at radius 2 is 1.07 bits per heavy atom. The molecule has 0 aromatic heterocycles. The highest BCUT2D eigenvalue weighted by atomic mass is 15.7. The zero-order valence-electron chi connectivity index (χ0n) is 23.9. The maximum absolute atomic E-state index is 10.7. The molecule has 0 saturated carbocycles. The fourth-order valence-electron chi connectivity index (χ4n) is 6.36. The highest BCUT2D eigenvalue weighted by Gasteiger charge is 2.68. The zero-order valence-corrected chi connectivity index (χ0v) is 23.9. The largest absolute Gasteiger partial charge is 0.542 e. The summed E-state index contributed by atoms with van der Waals surface area (Å²) in [4.78, 5) is 4.69. The van der Waals surface area contributed by atoms with E-state index in [-0.39, 0.29) is 0 Å². The van der Waals surface area contributed by atoms with Crippen LogP contribution in [-0.4, -0.2) is 40.6 Å². The van der Waals surface area contributed by atoms with Crippen molar-refractivity contribution in [2.45, 2.75) is 19.8 Å². The zero-order chi connectivity index (χ0) is 28.6. The molecule has 5 nitrogen and oxygen atoms in total. The first-order chi connectivity index (χ1) is 20.0. The molecule has 0 aliphatic carbocycles. The molecule has 1 spiro atoms. The lowest BCUT2D eigenvalue weighted by Crippen LogP contribution is -2.76. The summed E-state index contributed by atoms with van der Waals surface area (Å²) < 4.78 is 4.61. The van der Waals surface area contributed by atoms with Crippen LogP contribution in [-0.2, 0) is 0 Å². The summed E-state index contributed by atoms with van der Waals surface area (Å²) in [5, 5.41) is 10.7. The Hall–Kier alpha value is -5.21. The number of para-hydroxylation sites is 2. The lowest BCUT2D eigenvalue weighted by atomic mass is 9.95. The minimum Gasteiger partial charge on any atom is -0.204 e. The number of allylic oxidation sites excluding steroid dienone is 4. The van der Waals surface area contributed by atoms with Gasteiger partial charge in [0.2, 0.25) is 11.4 Å². The number of benzene rings is 4. The number of anilines is 2. The third kappa shape index (κ3) is 3.99. The standard InChI is InChI=1S/C36H33N5/c1-27-25-34(29-17-9-5-10-18-29)38(3)36(40(27)31-21-13-7-14-22-31)39(4)35(30-19-11-6-12-20-30)33(26-37)28(2)41(36)32-23-15-8-16-24-32/h5-25H,1-4H3/q+2. The Morgan fingerprint density at radius 1 is 0.610 bits per heavy atom. The van der Waals surface area contributed by atoms with Crippen LogP contribution in [0.1, 0.15) is 25.0 Å². The van der Waals surface area contributed by atoms with E-state index < -0.39 is 5.91 Å². The first kappa shape index (κ1) is 26.0. The van der Waals surface area contributed by atoms with Crippen molar-refractivity contribution in [2.24, 2.45) is 0 Å². The van der Waals surface area contributed by atoms with Gasteiger partial charge < -0.3 is 0 Å². The lowest BCUT2D eigenvalue weighted by molar-refractivity contribution is -0.805. The van der Waals surface area contributed by atoms with Crippen LogP contribution in [0, 0.1) is 11.3 Å². The van der Waals surface area contributed by atoms with Crippen LogP contribution in [0.5, 0.6) is 0 Å². The monoisotopic (exact) mass is 535 g/mol. The van der Waals surface area contributed by atoms with Crippen LogP contribution in [0.4, 0.5) is 11.4 Å². The van der Waals surface area contributed by atoms with Crippen molar-refractivity contribution in [1.82, 2.24) is 0 Å². The van der Waals surface area contributed by atoms with Gasteiger partial charge in [-0.3, -0.25) is 0 Å². The molecule has 2 aliphatic rings. The second-order valence-electron chi connectivity index (χ2n) is 10.4. The van der Waals surface area contributed by atoms with Gasteiger partial charge in [0, 0.05) is 22.9 Å². The van der Waals surface area contributed by atoms with Gasteiger partial charge in [-0.15, -0.1) is 9.15 Å². The van der Waals surface area contributed by atoms with Gasteiger partial charge in [0.15, 0.2) is 0 Å². The van der Waals surface area contributed by atoms with Gasteiger partial charge in [-0.25, -0.2) is 9.80 Å². The van der Waals surface area contributed by atoms with Gasteiger partial charge in [-0.2, -0.15) is 5.26 Å². The van der Waals surface area contributed by atoms with Crippen LogP contribution in [0.3, 0.4) is 0 Å². The topological polar surface area (TPSA) is 36.3 Å². The molecular weight excluding hydrogens is 502 g/mol. The predicted molar refractivity (Wildman–Crippen MR) is 166 cm³/mol. The van der Waals surface area contributed by atoms with E-state index in [4.69, 9.17) is 0 Å². The Bertz CT molecular complexity index is 1760. The fraction of sp³-hybridized carbons (Fsp3) is 0.139. The highest BCUT2D eigenvalue weighted by Crippen LogP contribution is 2.43. The van der Waals surface area contributed by atoms with Crippen molar-refractivity contribution in [3.63, 3.8) is 0 Å². The van der Waals surface area contributed by atoms with Crippen molar-refractivity contribution in [3.05, 3.63) is 155 Å². The Morgan fingerprint density at radius 3 is 1.59 bits per heavy atom. The molecule has 0 saturated heterocycles. The maximum Gasteiger partial charge on any atom is 0.542 e. The molecule has 5 heteroatoms. The molecule has 0 fully saturated rings. The molecule has 2 heterocycles. The second-order valence-corrected chi connectivity index (χ2v) is 10.4. The van der Waals surface area contributed by atoms with Crippen LogP contribution < -0.4 is 9.80 Å². The van der Waals surface area contributed by atoms with Crippen LogP contribution in [0.25, 0.3) is 0 Å². The van der Waals surface area contributed by atoms with Gasteiger partial charge in [0.1, 0.15) is 25.7 Å². The molecule has 0 amide bonds. The molecule has 4 aromatic carbocycles. The number of nitrogens with zero attached hydrogens (tertiary/aromatic N) is 5. The average Bonchev–Trinajstić information content (AvgIpc) is 3.02. The van der Waals surface area contributed by atoms with Gasteiger partial charge in [-0.1, -0.05) is 72.8 Å². The molecule has 41 heavy (non-hydrogen) atoms. The van der Waals surface area contributed by atoms with Crippen molar-refractivity contribution >= 4 is 22.8 Å². The van der Waals surface area contributed by atoms with Crippen LogP contribution >= 0.6 is 0 Å². The molecule has 200 valence electrons. The number of nitriles is 1. The average molecular weight is 536 g/mol. The molecule has 4 aromatic rings. The Balaban J connectivity index is 1.81.